The molecule has 2 heteroatoms. The SMILES string of the molecule is CC(N)c1cncc2c1CCCC2. The highest BCUT2D eigenvalue weighted by Crippen LogP contribution is 2.25. The highest BCUT2D eigenvalue weighted by Gasteiger charge is 2.14. The Labute approximate surface area is 79.2 Å². The molecule has 0 fully saturated rings. The summed E-state index contributed by atoms with van der Waals surface area (Å²) in [5, 5.41) is 0. The van der Waals surface area contributed by atoms with E-state index in [1.165, 1.54) is 42.4 Å². The number of pyridine rings is 1. The average Bonchev–Trinajstić information content (AvgIpc) is 2.17. The molecular weight excluding hydrogens is 160 g/mol. The van der Waals surface area contributed by atoms with Crippen molar-refractivity contribution in [2.45, 2.75) is 38.6 Å². The third kappa shape index (κ3) is 1.59. The van der Waals surface area contributed by atoms with E-state index in [4.69, 9.17) is 5.73 Å². The van der Waals surface area contributed by atoms with E-state index < -0.39 is 0 Å². The van der Waals surface area contributed by atoms with Gasteiger partial charge in [-0.2, -0.15) is 0 Å². The number of nitrogens with zero attached hydrogens (tertiary/aromatic N) is 1. The van der Waals surface area contributed by atoms with E-state index in [-0.39, 0.29) is 6.04 Å². The summed E-state index contributed by atoms with van der Waals surface area (Å²) in [5.74, 6) is 0. The predicted molar refractivity (Wildman–Crippen MR) is 53.5 cm³/mol. The van der Waals surface area contributed by atoms with E-state index in [0.717, 1.165) is 0 Å². The third-order valence-corrected chi connectivity index (χ3v) is 2.79. The van der Waals surface area contributed by atoms with Crippen LogP contribution in [0.5, 0.6) is 0 Å². The second-order valence-corrected chi connectivity index (χ2v) is 3.86. The van der Waals surface area contributed by atoms with Crippen molar-refractivity contribution in [1.29, 1.82) is 0 Å². The maximum Gasteiger partial charge on any atom is 0.0318 e. The molecule has 0 aromatic carbocycles. The molecule has 0 saturated heterocycles. The van der Waals surface area contributed by atoms with Crippen LogP contribution < -0.4 is 5.73 Å². The second-order valence-electron chi connectivity index (χ2n) is 3.86. The molecule has 13 heavy (non-hydrogen) atoms. The van der Waals surface area contributed by atoms with E-state index >= 15 is 0 Å². The maximum atomic E-state index is 5.90. The second kappa shape index (κ2) is 3.46. The zero-order valence-electron chi connectivity index (χ0n) is 8.09. The zero-order chi connectivity index (χ0) is 9.26. The highest BCUT2D eigenvalue weighted by atomic mass is 14.7. The van der Waals surface area contributed by atoms with Gasteiger partial charge in [0.1, 0.15) is 0 Å². The normalized spacial score (nSPS) is 18.0. The first-order valence-corrected chi connectivity index (χ1v) is 5.00. The van der Waals surface area contributed by atoms with Crippen LogP contribution in [0.2, 0.25) is 0 Å². The molecule has 0 saturated carbocycles. The molecule has 1 aliphatic carbocycles. The summed E-state index contributed by atoms with van der Waals surface area (Å²) in [6.45, 7) is 2.03. The molecule has 1 aromatic heterocycles. The van der Waals surface area contributed by atoms with Crippen molar-refractivity contribution < 1.29 is 0 Å². The molecule has 2 rings (SSSR count). The molecule has 1 heterocycles. The molecule has 2 nitrogen and oxygen atoms in total. The molecule has 0 aliphatic heterocycles. The molecule has 0 amide bonds. The molecule has 0 spiro atoms. The van der Waals surface area contributed by atoms with Gasteiger partial charge in [0.15, 0.2) is 0 Å². The summed E-state index contributed by atoms with van der Waals surface area (Å²) >= 11 is 0. The molecule has 2 N–H and O–H groups in total. The molecule has 70 valence electrons. The first kappa shape index (κ1) is 8.70. The zero-order valence-corrected chi connectivity index (χ0v) is 8.09. The van der Waals surface area contributed by atoms with Crippen LogP contribution in [-0.2, 0) is 12.8 Å². The van der Waals surface area contributed by atoms with E-state index in [0.29, 0.717) is 0 Å². The minimum Gasteiger partial charge on any atom is -0.324 e. The molecule has 0 bridgehead atoms. The third-order valence-electron chi connectivity index (χ3n) is 2.79. The standard InChI is InChI=1S/C11H16N2/c1-8(12)11-7-13-6-9-4-2-3-5-10(9)11/h6-8H,2-5,12H2,1H3. The molecule has 1 aliphatic rings. The Hall–Kier alpha value is -0.890. The average molecular weight is 176 g/mol. The molecular formula is C11H16N2. The summed E-state index contributed by atoms with van der Waals surface area (Å²) in [5.41, 5.74) is 10.0. The van der Waals surface area contributed by atoms with Gasteiger partial charge in [-0.3, -0.25) is 4.98 Å². The number of hydrogen-bond donors (Lipinski definition) is 1. The molecule has 0 radical (unpaired) electrons. The van der Waals surface area contributed by atoms with Crippen LogP contribution in [0.25, 0.3) is 0 Å². The minimum absolute atomic E-state index is 0.126. The van der Waals surface area contributed by atoms with Crippen LogP contribution in [0.15, 0.2) is 12.4 Å². The summed E-state index contributed by atoms with van der Waals surface area (Å²) in [7, 11) is 0. The van der Waals surface area contributed by atoms with Gasteiger partial charge in [-0.15, -0.1) is 0 Å². The summed E-state index contributed by atoms with van der Waals surface area (Å²) < 4.78 is 0. The van der Waals surface area contributed by atoms with Gasteiger partial charge in [0.05, 0.1) is 0 Å². The Kier molecular flexibility index (Phi) is 2.32. The van der Waals surface area contributed by atoms with Crippen molar-refractivity contribution in [3.63, 3.8) is 0 Å². The first-order valence-electron chi connectivity index (χ1n) is 5.00. The molecule has 1 atom stereocenters. The van der Waals surface area contributed by atoms with Crippen molar-refractivity contribution in [2.24, 2.45) is 5.73 Å². The number of aromatic nitrogens is 1. The van der Waals surface area contributed by atoms with Crippen LogP contribution in [0.3, 0.4) is 0 Å². The van der Waals surface area contributed by atoms with Gasteiger partial charge in [-0.25, -0.2) is 0 Å². The van der Waals surface area contributed by atoms with Crippen LogP contribution in [0.4, 0.5) is 0 Å². The van der Waals surface area contributed by atoms with Gasteiger partial charge in [0.25, 0.3) is 0 Å². The largest absolute Gasteiger partial charge is 0.324 e. The fourth-order valence-electron chi connectivity index (χ4n) is 2.08. The lowest BCUT2D eigenvalue weighted by atomic mass is 9.88. The number of hydrogen-bond acceptors (Lipinski definition) is 2. The van der Waals surface area contributed by atoms with E-state index in [1.807, 2.05) is 19.3 Å². The van der Waals surface area contributed by atoms with Crippen LogP contribution in [0.1, 0.15) is 42.5 Å². The quantitative estimate of drug-likeness (QED) is 0.710. The summed E-state index contributed by atoms with van der Waals surface area (Å²) in [6, 6.07) is 0.126. The fourth-order valence-corrected chi connectivity index (χ4v) is 2.08. The van der Waals surface area contributed by atoms with Crippen molar-refractivity contribution in [3.8, 4) is 0 Å². The first-order chi connectivity index (χ1) is 6.29. The highest BCUT2D eigenvalue weighted by molar-refractivity contribution is 5.35. The minimum atomic E-state index is 0.126. The van der Waals surface area contributed by atoms with Crippen molar-refractivity contribution in [2.75, 3.05) is 0 Å². The van der Waals surface area contributed by atoms with E-state index in [1.54, 1.807) is 0 Å². The number of nitrogens with two attached hydrogens (primary N) is 1. The predicted octanol–water partition coefficient (Wildman–Crippen LogP) is 1.98. The van der Waals surface area contributed by atoms with Gasteiger partial charge in [0.2, 0.25) is 0 Å². The Balaban J connectivity index is 2.46. The fraction of sp³-hybridized carbons (Fsp3) is 0.545. The van der Waals surface area contributed by atoms with Gasteiger partial charge in [-0.05, 0) is 49.3 Å². The van der Waals surface area contributed by atoms with Crippen molar-refractivity contribution >= 4 is 0 Å². The van der Waals surface area contributed by atoms with Gasteiger partial charge < -0.3 is 5.73 Å². The maximum absolute atomic E-state index is 5.90. The number of fused-ring (bicyclic) bond motifs is 1. The number of aryl methyl sites for hydroxylation is 1. The molecule has 1 unspecified atom stereocenters. The summed E-state index contributed by atoms with van der Waals surface area (Å²) in [6.07, 6.45) is 8.90. The van der Waals surface area contributed by atoms with Gasteiger partial charge in [0, 0.05) is 18.4 Å². The lowest BCUT2D eigenvalue weighted by molar-refractivity contribution is 0.661. The lowest BCUT2D eigenvalue weighted by Gasteiger charge is -2.20. The van der Waals surface area contributed by atoms with Crippen molar-refractivity contribution in [1.82, 2.24) is 4.98 Å². The van der Waals surface area contributed by atoms with Gasteiger partial charge in [-0.1, -0.05) is 0 Å². The van der Waals surface area contributed by atoms with Gasteiger partial charge >= 0.3 is 0 Å². The van der Waals surface area contributed by atoms with Crippen molar-refractivity contribution in [3.05, 3.63) is 29.1 Å². The van der Waals surface area contributed by atoms with Crippen LogP contribution in [-0.4, -0.2) is 4.98 Å². The van der Waals surface area contributed by atoms with Crippen LogP contribution in [0, 0.1) is 0 Å². The Bertz CT molecular complexity index is 305. The molecule has 1 aromatic rings. The topological polar surface area (TPSA) is 38.9 Å². The monoisotopic (exact) mass is 176 g/mol. The number of rotatable bonds is 1. The van der Waals surface area contributed by atoms with E-state index in [9.17, 15) is 0 Å². The Morgan fingerprint density at radius 1 is 1.31 bits per heavy atom. The van der Waals surface area contributed by atoms with E-state index in [2.05, 4.69) is 4.98 Å². The van der Waals surface area contributed by atoms with Crippen LogP contribution >= 0.6 is 0 Å². The Morgan fingerprint density at radius 3 is 2.85 bits per heavy atom. The summed E-state index contributed by atoms with van der Waals surface area (Å²) in [4.78, 5) is 4.24. The smallest absolute Gasteiger partial charge is 0.0318 e. The lowest BCUT2D eigenvalue weighted by Crippen LogP contribution is -2.13. The Morgan fingerprint density at radius 2 is 2.08 bits per heavy atom.